The zero-order valence-electron chi connectivity index (χ0n) is 30.0. The molecule has 48 heavy (non-hydrogen) atoms. The first-order chi connectivity index (χ1) is 22.7. The minimum Gasteiger partial charge on any atom is -0.379 e. The maximum atomic E-state index is 13.8. The van der Waals surface area contributed by atoms with E-state index in [1.165, 1.54) is 38.5 Å². The zero-order chi connectivity index (χ0) is 36.1. The lowest BCUT2D eigenvalue weighted by Gasteiger charge is -2.37. The van der Waals surface area contributed by atoms with Gasteiger partial charge in [-0.15, -0.1) is 0 Å². The molecule has 13 heteroatoms. The quantitative estimate of drug-likeness (QED) is 0.190. The van der Waals surface area contributed by atoms with E-state index >= 15 is 0 Å². The van der Waals surface area contributed by atoms with Crippen molar-refractivity contribution in [1.29, 1.82) is 0 Å². The van der Waals surface area contributed by atoms with Crippen LogP contribution < -0.4 is 16.0 Å². The summed E-state index contributed by atoms with van der Waals surface area (Å²) in [7, 11) is 6.37. The molecule has 4 amide bonds. The van der Waals surface area contributed by atoms with Crippen LogP contribution in [0.25, 0.3) is 0 Å². The predicted octanol–water partition coefficient (Wildman–Crippen LogP) is 2.55. The number of Topliss-reactive ketones (excluding diaryl/α,β-unsaturated/α-hetero) is 1. The monoisotopic (exact) mass is 677 g/mol. The van der Waals surface area contributed by atoms with Crippen LogP contribution in [-0.2, 0) is 28.7 Å². The summed E-state index contributed by atoms with van der Waals surface area (Å²) in [4.78, 5) is 69.0. The number of nitrogens with one attached hydrogen (secondary N) is 3. The average molecular weight is 678 g/mol. The highest BCUT2D eigenvalue weighted by molar-refractivity contribution is 6.01. The molecule has 1 aromatic carbocycles. The topological polar surface area (TPSA) is 146 Å². The van der Waals surface area contributed by atoms with Crippen molar-refractivity contribution in [3.05, 3.63) is 35.6 Å². The van der Waals surface area contributed by atoms with Gasteiger partial charge in [0.25, 0.3) is 0 Å². The number of methoxy groups -OCH3 is 2. The molecule has 1 aliphatic rings. The first kappa shape index (κ1) is 40.8. The molecule has 1 saturated heterocycles. The Kier molecular flexibility index (Phi) is 16.6. The van der Waals surface area contributed by atoms with E-state index < -0.39 is 48.0 Å². The molecule has 6 unspecified atom stereocenters. The Bertz CT molecular complexity index is 1230. The summed E-state index contributed by atoms with van der Waals surface area (Å²) >= 11 is 0. The molecule has 0 radical (unpaired) electrons. The van der Waals surface area contributed by atoms with Crippen LogP contribution in [-0.4, -0.2) is 117 Å². The van der Waals surface area contributed by atoms with Crippen LogP contribution in [0.5, 0.6) is 0 Å². The third-order valence-electron chi connectivity index (χ3n) is 9.32. The Morgan fingerprint density at radius 2 is 1.67 bits per heavy atom. The van der Waals surface area contributed by atoms with Gasteiger partial charge in [0, 0.05) is 33.4 Å². The van der Waals surface area contributed by atoms with E-state index in [4.69, 9.17) is 9.47 Å². The highest BCUT2D eigenvalue weighted by atomic mass is 19.1. The summed E-state index contributed by atoms with van der Waals surface area (Å²) in [5.41, 5.74) is 0.285. The summed E-state index contributed by atoms with van der Waals surface area (Å²) in [6.07, 6.45) is 1.44. The van der Waals surface area contributed by atoms with Crippen LogP contribution in [0, 0.1) is 17.7 Å². The number of benzene rings is 1. The van der Waals surface area contributed by atoms with Crippen LogP contribution in [0.2, 0.25) is 0 Å². The third-order valence-corrected chi connectivity index (χ3v) is 9.32. The van der Waals surface area contributed by atoms with Crippen molar-refractivity contribution in [3.8, 4) is 0 Å². The number of hydrogen-bond acceptors (Lipinski definition) is 8. The number of carbonyl (C=O) groups is 5. The first-order valence-electron chi connectivity index (χ1n) is 16.9. The third kappa shape index (κ3) is 10.8. The molecule has 0 saturated carbocycles. The summed E-state index contributed by atoms with van der Waals surface area (Å²) < 4.78 is 24.9. The van der Waals surface area contributed by atoms with Gasteiger partial charge in [0.1, 0.15) is 5.82 Å². The fraction of sp³-hybridized carbons (Fsp3) is 0.686. The number of halogens is 1. The van der Waals surface area contributed by atoms with Gasteiger partial charge in [-0.25, -0.2) is 4.39 Å². The fourth-order valence-electron chi connectivity index (χ4n) is 6.50. The zero-order valence-corrected chi connectivity index (χ0v) is 30.0. The lowest BCUT2D eigenvalue weighted by atomic mass is 9.93. The molecule has 1 fully saturated rings. The van der Waals surface area contributed by atoms with Crippen LogP contribution in [0.15, 0.2) is 24.3 Å². The Labute approximate surface area is 284 Å². The minimum absolute atomic E-state index is 0.0110. The number of carbonyl (C=O) groups excluding carboxylic acids is 5. The van der Waals surface area contributed by atoms with Gasteiger partial charge in [0.15, 0.2) is 5.78 Å². The summed E-state index contributed by atoms with van der Waals surface area (Å²) in [6, 6.07) is 3.06. The summed E-state index contributed by atoms with van der Waals surface area (Å²) in [5, 5.41) is 8.44. The number of likely N-dealkylation sites (tertiary alicyclic amines) is 1. The van der Waals surface area contributed by atoms with Gasteiger partial charge < -0.3 is 35.2 Å². The normalized spacial score (nSPS) is 18.4. The predicted molar refractivity (Wildman–Crippen MR) is 181 cm³/mol. The number of rotatable bonds is 19. The molecule has 0 spiro atoms. The molecule has 1 aromatic rings. The molecule has 1 aliphatic heterocycles. The highest BCUT2D eigenvalue weighted by Crippen LogP contribution is 2.28. The van der Waals surface area contributed by atoms with E-state index in [9.17, 15) is 28.4 Å². The van der Waals surface area contributed by atoms with Gasteiger partial charge in [-0.05, 0) is 63.4 Å². The molecule has 1 heterocycles. The molecule has 2 rings (SSSR count). The second-order valence-corrected chi connectivity index (χ2v) is 13.0. The molecule has 0 aromatic heterocycles. The largest absolute Gasteiger partial charge is 0.379 e. The van der Waals surface area contributed by atoms with Crippen molar-refractivity contribution < 1.29 is 37.8 Å². The Morgan fingerprint density at radius 1 is 1.02 bits per heavy atom. The molecule has 0 aliphatic carbocycles. The van der Waals surface area contributed by atoms with E-state index in [0.717, 1.165) is 12.8 Å². The van der Waals surface area contributed by atoms with Crippen LogP contribution in [0.1, 0.15) is 77.1 Å². The van der Waals surface area contributed by atoms with Crippen molar-refractivity contribution in [2.75, 3.05) is 41.4 Å². The van der Waals surface area contributed by atoms with Crippen molar-refractivity contribution in [1.82, 2.24) is 25.8 Å². The molecule has 3 N–H and O–H groups in total. The standard InChI is InChI=1S/C35H56FN5O7/c1-10-12-26(40(7)30(43)20-38-35(46)31(37-6)21(2)3)28(47-8)19-29(42)41-18-11-13-27(41)33(48-9)22(4)34(45)39-23(5)32(44)24-14-16-25(36)17-15-24/h14-17,21-23,26-28,31,33,37H,10-13,18-20H2,1-9H3,(H,38,46)(H,39,45)/t22?,23?,26-,27?,28?,31?,33?/m0/s1. The number of likely N-dealkylation sites (N-methyl/N-ethyl adjacent to an activating group) is 2. The van der Waals surface area contributed by atoms with E-state index in [-0.39, 0.29) is 54.0 Å². The Hall–Kier alpha value is -3.42. The fourth-order valence-corrected chi connectivity index (χ4v) is 6.50. The first-order valence-corrected chi connectivity index (χ1v) is 16.9. The van der Waals surface area contributed by atoms with E-state index in [0.29, 0.717) is 19.4 Å². The van der Waals surface area contributed by atoms with Crippen LogP contribution in [0.3, 0.4) is 0 Å². The number of hydrogen-bond donors (Lipinski definition) is 3. The molecule has 270 valence electrons. The number of nitrogens with zero attached hydrogens (tertiary/aromatic N) is 2. The average Bonchev–Trinajstić information content (AvgIpc) is 3.54. The van der Waals surface area contributed by atoms with E-state index in [2.05, 4.69) is 16.0 Å². The van der Waals surface area contributed by atoms with Gasteiger partial charge in [0.2, 0.25) is 23.6 Å². The van der Waals surface area contributed by atoms with Gasteiger partial charge >= 0.3 is 0 Å². The lowest BCUT2D eigenvalue weighted by Crippen LogP contribution is -2.54. The molecular weight excluding hydrogens is 621 g/mol. The molecule has 12 nitrogen and oxygen atoms in total. The molecular formula is C35H56FN5O7. The van der Waals surface area contributed by atoms with Crippen molar-refractivity contribution in [2.45, 2.75) is 103 Å². The van der Waals surface area contributed by atoms with E-state index in [1.54, 1.807) is 37.7 Å². The van der Waals surface area contributed by atoms with Crippen LogP contribution >= 0.6 is 0 Å². The maximum absolute atomic E-state index is 13.8. The van der Waals surface area contributed by atoms with Gasteiger partial charge in [-0.3, -0.25) is 24.0 Å². The van der Waals surface area contributed by atoms with Crippen LogP contribution in [0.4, 0.5) is 4.39 Å². The van der Waals surface area contributed by atoms with Crippen molar-refractivity contribution in [3.63, 3.8) is 0 Å². The molecule has 7 atom stereocenters. The number of amides is 4. The van der Waals surface area contributed by atoms with Gasteiger partial charge in [-0.2, -0.15) is 0 Å². The SMILES string of the molecule is CCC[C@@H](C(CC(=O)N1CCCC1C(OC)C(C)C(=O)NC(C)C(=O)c1ccc(F)cc1)OC)N(C)C(=O)CNC(=O)C(NC)C(C)C. The van der Waals surface area contributed by atoms with Gasteiger partial charge in [-0.1, -0.05) is 34.1 Å². The Morgan fingerprint density at radius 3 is 2.21 bits per heavy atom. The highest BCUT2D eigenvalue weighted by Gasteiger charge is 2.41. The smallest absolute Gasteiger partial charge is 0.242 e. The summed E-state index contributed by atoms with van der Waals surface area (Å²) in [5.74, 6) is -2.59. The molecule has 0 bridgehead atoms. The van der Waals surface area contributed by atoms with Crippen molar-refractivity contribution >= 4 is 29.4 Å². The summed E-state index contributed by atoms with van der Waals surface area (Å²) in [6.45, 7) is 9.40. The second kappa shape index (κ2) is 19.5. The minimum atomic E-state index is -0.852. The Balaban J connectivity index is 2.10. The van der Waals surface area contributed by atoms with E-state index in [1.807, 2.05) is 20.8 Å². The lowest BCUT2D eigenvalue weighted by molar-refractivity contribution is -0.144. The number of ether oxygens (including phenoxy) is 2. The number of ketones is 1. The van der Waals surface area contributed by atoms with Crippen molar-refractivity contribution in [2.24, 2.45) is 11.8 Å². The second-order valence-electron chi connectivity index (χ2n) is 13.0. The maximum Gasteiger partial charge on any atom is 0.242 e. The van der Waals surface area contributed by atoms with Gasteiger partial charge in [0.05, 0.1) is 55.3 Å².